The molecular formula is C23H20N2O2. The molecular weight excluding hydrogens is 336 g/mol. The summed E-state index contributed by atoms with van der Waals surface area (Å²) in [5.41, 5.74) is 5.67. The Balaban J connectivity index is 1.66. The molecule has 4 rings (SSSR count). The van der Waals surface area contributed by atoms with E-state index < -0.39 is 0 Å². The lowest BCUT2D eigenvalue weighted by atomic mass is 9.95. The first kappa shape index (κ1) is 17.0. The van der Waals surface area contributed by atoms with Crippen LogP contribution in [-0.4, -0.2) is 24.4 Å². The van der Waals surface area contributed by atoms with E-state index in [2.05, 4.69) is 40.2 Å². The fourth-order valence-corrected chi connectivity index (χ4v) is 3.31. The highest BCUT2D eigenvalue weighted by atomic mass is 16.5. The van der Waals surface area contributed by atoms with Crippen molar-refractivity contribution in [2.75, 3.05) is 18.6 Å². The Hall–Kier alpha value is -3.40. The normalized spacial score (nSPS) is 18.0. The van der Waals surface area contributed by atoms with Crippen LogP contribution in [0.15, 0.2) is 72.6 Å². The van der Waals surface area contributed by atoms with Gasteiger partial charge in [0.1, 0.15) is 11.4 Å². The molecule has 2 heterocycles. The predicted octanol–water partition coefficient (Wildman–Crippen LogP) is 4.66. The van der Waals surface area contributed by atoms with E-state index in [1.807, 2.05) is 44.3 Å². The summed E-state index contributed by atoms with van der Waals surface area (Å²) in [5.74, 6) is 0.828. The number of benzene rings is 1. The number of carbonyl (C=O) groups is 1. The third-order valence-corrected chi connectivity index (χ3v) is 4.69. The number of aromatic nitrogens is 1. The van der Waals surface area contributed by atoms with Crippen LogP contribution in [0.3, 0.4) is 0 Å². The number of hydrogen-bond donors (Lipinski definition) is 0. The van der Waals surface area contributed by atoms with E-state index >= 15 is 0 Å². The van der Waals surface area contributed by atoms with Gasteiger partial charge in [0.05, 0.1) is 6.61 Å². The van der Waals surface area contributed by atoms with Gasteiger partial charge in [-0.15, -0.1) is 0 Å². The first-order chi connectivity index (χ1) is 13.2. The highest BCUT2D eigenvalue weighted by molar-refractivity contribution is 6.11. The lowest BCUT2D eigenvalue weighted by molar-refractivity contribution is 0.104. The first-order valence-electron chi connectivity index (χ1n) is 8.96. The summed E-state index contributed by atoms with van der Waals surface area (Å²) in [6, 6.07) is 9.90. The maximum absolute atomic E-state index is 12.0. The Kier molecular flexibility index (Phi) is 4.47. The van der Waals surface area contributed by atoms with Gasteiger partial charge in [0, 0.05) is 35.8 Å². The van der Waals surface area contributed by atoms with E-state index in [0.717, 1.165) is 33.8 Å². The number of nitrogens with zero attached hydrogens (tertiary/aromatic N) is 2. The summed E-state index contributed by atoms with van der Waals surface area (Å²) in [4.78, 5) is 18.3. The molecule has 0 fully saturated rings. The largest absolute Gasteiger partial charge is 0.494 e. The molecule has 1 aromatic carbocycles. The molecule has 134 valence electrons. The van der Waals surface area contributed by atoms with E-state index in [4.69, 9.17) is 4.74 Å². The van der Waals surface area contributed by atoms with Gasteiger partial charge in [-0.1, -0.05) is 24.3 Å². The third-order valence-electron chi connectivity index (χ3n) is 4.69. The second-order valence-corrected chi connectivity index (χ2v) is 6.36. The van der Waals surface area contributed by atoms with Crippen molar-refractivity contribution in [2.45, 2.75) is 6.92 Å². The van der Waals surface area contributed by atoms with Crippen molar-refractivity contribution in [3.8, 4) is 5.75 Å². The van der Waals surface area contributed by atoms with Gasteiger partial charge >= 0.3 is 0 Å². The predicted molar refractivity (Wildman–Crippen MR) is 109 cm³/mol. The van der Waals surface area contributed by atoms with Gasteiger partial charge < -0.3 is 9.64 Å². The van der Waals surface area contributed by atoms with Crippen molar-refractivity contribution in [1.29, 1.82) is 0 Å². The summed E-state index contributed by atoms with van der Waals surface area (Å²) >= 11 is 0. The van der Waals surface area contributed by atoms with Crippen molar-refractivity contribution < 1.29 is 9.53 Å². The number of fused-ring (bicyclic) bond motifs is 2. The van der Waals surface area contributed by atoms with Crippen LogP contribution in [0.5, 0.6) is 5.75 Å². The Morgan fingerprint density at radius 3 is 2.85 bits per heavy atom. The van der Waals surface area contributed by atoms with Gasteiger partial charge in [-0.2, -0.15) is 0 Å². The molecule has 2 aromatic rings. The summed E-state index contributed by atoms with van der Waals surface area (Å²) in [6.07, 6.45) is 13.3. The standard InChI is InChI=1S/C23H20N2O2/c1-3-27-19-11-12-21-17(15-19)7-10-18(25(21)2)9-6-16-8-13-22(26)23-20(16)5-4-14-24-23/h4-15H,3H2,1-2H3/b16-6-,18-9-. The van der Waals surface area contributed by atoms with E-state index in [9.17, 15) is 4.79 Å². The maximum atomic E-state index is 12.0. The average molecular weight is 356 g/mol. The molecule has 4 heteroatoms. The van der Waals surface area contributed by atoms with Crippen LogP contribution in [-0.2, 0) is 0 Å². The summed E-state index contributed by atoms with van der Waals surface area (Å²) < 4.78 is 5.59. The Bertz CT molecular complexity index is 1030. The van der Waals surface area contributed by atoms with Crippen molar-refractivity contribution in [3.05, 3.63) is 89.4 Å². The van der Waals surface area contributed by atoms with Gasteiger partial charge in [0.25, 0.3) is 0 Å². The molecule has 0 N–H and O–H groups in total. The highest BCUT2D eigenvalue weighted by Gasteiger charge is 2.17. The topological polar surface area (TPSA) is 42.4 Å². The molecule has 0 atom stereocenters. The van der Waals surface area contributed by atoms with Gasteiger partial charge in [-0.3, -0.25) is 9.78 Å². The van der Waals surface area contributed by atoms with Crippen LogP contribution in [0.2, 0.25) is 0 Å². The SMILES string of the molecule is CCOc1ccc2c(c1)C=C/C(=C/C=C1/C=CC(=O)c3ncccc31)N2C. The van der Waals surface area contributed by atoms with Crippen LogP contribution >= 0.6 is 0 Å². The molecule has 1 aliphatic heterocycles. The van der Waals surface area contributed by atoms with E-state index in [0.29, 0.717) is 12.3 Å². The second-order valence-electron chi connectivity index (χ2n) is 6.36. The molecule has 1 aliphatic carbocycles. The number of pyridine rings is 1. The molecule has 1 aromatic heterocycles. The van der Waals surface area contributed by atoms with Gasteiger partial charge in [-0.25, -0.2) is 0 Å². The fraction of sp³-hybridized carbons (Fsp3) is 0.130. The van der Waals surface area contributed by atoms with Crippen molar-refractivity contribution in [1.82, 2.24) is 4.98 Å². The molecule has 0 bridgehead atoms. The maximum Gasteiger partial charge on any atom is 0.204 e. The monoisotopic (exact) mass is 356 g/mol. The average Bonchev–Trinajstić information content (AvgIpc) is 2.69. The van der Waals surface area contributed by atoms with Crippen LogP contribution < -0.4 is 9.64 Å². The minimum Gasteiger partial charge on any atom is -0.494 e. The molecule has 27 heavy (non-hydrogen) atoms. The Morgan fingerprint density at radius 2 is 2.00 bits per heavy atom. The Labute approximate surface area is 158 Å². The zero-order valence-electron chi connectivity index (χ0n) is 15.3. The molecule has 4 nitrogen and oxygen atoms in total. The van der Waals surface area contributed by atoms with E-state index in [1.165, 1.54) is 0 Å². The van der Waals surface area contributed by atoms with Crippen LogP contribution in [0.25, 0.3) is 11.6 Å². The molecule has 0 saturated carbocycles. The van der Waals surface area contributed by atoms with Crippen molar-refractivity contribution >= 4 is 23.1 Å². The van der Waals surface area contributed by atoms with Crippen LogP contribution in [0.4, 0.5) is 5.69 Å². The molecule has 0 radical (unpaired) electrons. The Morgan fingerprint density at radius 1 is 1.11 bits per heavy atom. The molecule has 2 aliphatic rings. The third kappa shape index (κ3) is 3.22. The number of rotatable bonds is 3. The number of carbonyl (C=O) groups excluding carboxylic acids is 1. The zero-order valence-corrected chi connectivity index (χ0v) is 15.3. The summed E-state index contributed by atoms with van der Waals surface area (Å²) in [7, 11) is 2.04. The fourth-order valence-electron chi connectivity index (χ4n) is 3.31. The number of ether oxygens (including phenoxy) is 1. The molecule has 0 saturated heterocycles. The minimum absolute atomic E-state index is 0.0517. The number of allylic oxidation sites excluding steroid dienone is 6. The zero-order chi connectivity index (χ0) is 18.8. The second kappa shape index (κ2) is 7.08. The van der Waals surface area contributed by atoms with Crippen molar-refractivity contribution in [2.24, 2.45) is 0 Å². The van der Waals surface area contributed by atoms with Gasteiger partial charge in [-0.05, 0) is 55.0 Å². The van der Waals surface area contributed by atoms with Gasteiger partial charge in [0.2, 0.25) is 5.78 Å². The smallest absolute Gasteiger partial charge is 0.204 e. The molecule has 0 amide bonds. The number of anilines is 1. The van der Waals surface area contributed by atoms with Gasteiger partial charge in [0.15, 0.2) is 0 Å². The highest BCUT2D eigenvalue weighted by Crippen LogP contribution is 2.33. The quantitative estimate of drug-likeness (QED) is 0.802. The lowest BCUT2D eigenvalue weighted by Crippen LogP contribution is -2.18. The number of hydrogen-bond acceptors (Lipinski definition) is 4. The lowest BCUT2D eigenvalue weighted by Gasteiger charge is -2.26. The number of likely N-dealkylation sites (N-methyl/N-ethyl adjacent to an activating group) is 1. The first-order valence-corrected chi connectivity index (χ1v) is 8.96. The molecule has 0 spiro atoms. The van der Waals surface area contributed by atoms with E-state index in [1.54, 1.807) is 12.3 Å². The van der Waals surface area contributed by atoms with Crippen LogP contribution in [0, 0.1) is 0 Å². The summed E-state index contributed by atoms with van der Waals surface area (Å²) in [6.45, 7) is 2.64. The molecule has 0 unspecified atom stereocenters. The van der Waals surface area contributed by atoms with E-state index in [-0.39, 0.29) is 5.78 Å². The van der Waals surface area contributed by atoms with Crippen LogP contribution in [0.1, 0.15) is 28.5 Å². The van der Waals surface area contributed by atoms with Crippen molar-refractivity contribution in [3.63, 3.8) is 0 Å². The number of ketones is 1. The minimum atomic E-state index is -0.0517. The summed E-state index contributed by atoms with van der Waals surface area (Å²) in [5, 5.41) is 0.